The molecule has 0 aliphatic rings. The van der Waals surface area contributed by atoms with Gasteiger partial charge in [-0.1, -0.05) is 0 Å². The van der Waals surface area contributed by atoms with Gasteiger partial charge in [0.2, 0.25) is 0 Å². The maximum Gasteiger partial charge on any atom is 0.573 e. The molecule has 2 N–H and O–H groups in total. The minimum Gasteiger partial charge on any atom is -0.406 e. The molecule has 0 saturated heterocycles. The highest BCUT2D eigenvalue weighted by Gasteiger charge is 2.33. The minimum atomic E-state index is -4.88. The van der Waals surface area contributed by atoms with Crippen LogP contribution in [-0.4, -0.2) is 23.4 Å². The standard InChI is InChI=1S/C11H9F6N3OS/c1-6(10(12,13)14)19-20(9(18)22)7-2-4-8(5-3-7)21-11(15,16)17/h2-5H,1H3,(H2,18,22)/b19-6+. The van der Waals surface area contributed by atoms with Crippen molar-refractivity contribution < 1.29 is 31.1 Å². The normalized spacial score (nSPS) is 13.0. The molecule has 0 aromatic heterocycles. The second-order valence-corrected chi connectivity index (χ2v) is 4.29. The lowest BCUT2D eigenvalue weighted by Crippen LogP contribution is -2.34. The van der Waals surface area contributed by atoms with Gasteiger partial charge >= 0.3 is 12.5 Å². The molecule has 0 amide bonds. The smallest absolute Gasteiger partial charge is 0.406 e. The van der Waals surface area contributed by atoms with Crippen LogP contribution in [0.5, 0.6) is 5.75 Å². The van der Waals surface area contributed by atoms with Gasteiger partial charge in [0.25, 0.3) is 0 Å². The number of ether oxygens (including phenoxy) is 1. The lowest BCUT2D eigenvalue weighted by atomic mass is 10.3. The Bertz CT molecular complexity index is 567. The summed E-state index contributed by atoms with van der Waals surface area (Å²) < 4.78 is 77.0. The molecule has 0 radical (unpaired) electrons. The molecule has 11 heteroatoms. The van der Waals surface area contributed by atoms with Crippen molar-refractivity contribution in [1.82, 2.24) is 0 Å². The van der Waals surface area contributed by atoms with Gasteiger partial charge < -0.3 is 10.5 Å². The zero-order valence-corrected chi connectivity index (χ0v) is 11.7. The summed E-state index contributed by atoms with van der Waals surface area (Å²) >= 11 is 4.58. The first-order chi connectivity index (χ1) is 9.90. The first-order valence-electron chi connectivity index (χ1n) is 5.48. The predicted octanol–water partition coefficient (Wildman–Crippen LogP) is 3.57. The Balaban J connectivity index is 3.06. The number of anilines is 1. The molecule has 0 fully saturated rings. The van der Waals surface area contributed by atoms with E-state index in [4.69, 9.17) is 5.73 Å². The van der Waals surface area contributed by atoms with E-state index in [1.165, 1.54) is 0 Å². The van der Waals surface area contributed by atoms with Crippen LogP contribution in [0.3, 0.4) is 0 Å². The van der Waals surface area contributed by atoms with E-state index >= 15 is 0 Å². The lowest BCUT2D eigenvalue weighted by Gasteiger charge is -2.19. The van der Waals surface area contributed by atoms with Gasteiger partial charge in [-0.3, -0.25) is 0 Å². The third-order valence-electron chi connectivity index (χ3n) is 2.18. The van der Waals surface area contributed by atoms with Crippen molar-refractivity contribution in [3.8, 4) is 5.75 Å². The summed E-state index contributed by atoms with van der Waals surface area (Å²) in [5.74, 6) is -0.546. The van der Waals surface area contributed by atoms with Gasteiger partial charge in [0, 0.05) is 0 Å². The van der Waals surface area contributed by atoms with Crippen LogP contribution >= 0.6 is 12.2 Å². The van der Waals surface area contributed by atoms with Crippen LogP contribution in [0.1, 0.15) is 6.92 Å². The van der Waals surface area contributed by atoms with Crippen LogP contribution in [0.25, 0.3) is 0 Å². The number of alkyl halides is 6. The van der Waals surface area contributed by atoms with E-state index < -0.39 is 29.1 Å². The van der Waals surface area contributed by atoms with Crippen LogP contribution in [0.15, 0.2) is 29.4 Å². The molecule has 0 bridgehead atoms. The average molecular weight is 345 g/mol. The second kappa shape index (κ2) is 6.38. The zero-order valence-electron chi connectivity index (χ0n) is 10.9. The number of halogens is 6. The molecule has 1 aromatic rings. The number of benzene rings is 1. The molecule has 122 valence electrons. The summed E-state index contributed by atoms with van der Waals surface area (Å²) in [5.41, 5.74) is 4.00. The summed E-state index contributed by atoms with van der Waals surface area (Å²) in [7, 11) is 0. The molecule has 0 heterocycles. The zero-order chi connectivity index (χ0) is 17.1. The first-order valence-corrected chi connectivity index (χ1v) is 5.89. The number of hydrazone groups is 1. The highest BCUT2D eigenvalue weighted by atomic mass is 32.1. The van der Waals surface area contributed by atoms with Gasteiger partial charge in [-0.15, -0.1) is 13.2 Å². The minimum absolute atomic E-state index is 0.0503. The van der Waals surface area contributed by atoms with Crippen LogP contribution in [0.2, 0.25) is 0 Å². The number of nitrogens with zero attached hydrogens (tertiary/aromatic N) is 2. The predicted molar refractivity (Wildman–Crippen MR) is 71.6 cm³/mol. The van der Waals surface area contributed by atoms with E-state index in [1.807, 2.05) is 0 Å². The maximum absolute atomic E-state index is 12.5. The van der Waals surface area contributed by atoms with E-state index in [2.05, 4.69) is 22.1 Å². The van der Waals surface area contributed by atoms with Gasteiger partial charge in [-0.2, -0.15) is 18.3 Å². The largest absolute Gasteiger partial charge is 0.573 e. The lowest BCUT2D eigenvalue weighted by molar-refractivity contribution is -0.274. The van der Waals surface area contributed by atoms with Crippen molar-refractivity contribution in [2.45, 2.75) is 19.5 Å². The van der Waals surface area contributed by atoms with E-state index in [0.717, 1.165) is 24.3 Å². The van der Waals surface area contributed by atoms with E-state index in [9.17, 15) is 26.3 Å². The number of hydrogen-bond donors (Lipinski definition) is 1. The summed E-state index contributed by atoms with van der Waals surface area (Å²) in [4.78, 5) is 0. The number of hydrogen-bond acceptors (Lipinski definition) is 3. The Labute approximate surface area is 126 Å². The fourth-order valence-corrected chi connectivity index (χ4v) is 1.38. The Morgan fingerprint density at radius 1 is 1.14 bits per heavy atom. The van der Waals surface area contributed by atoms with E-state index in [-0.39, 0.29) is 5.69 Å². The summed E-state index contributed by atoms with van der Waals surface area (Å²) in [6.45, 7) is 0.701. The number of thiocarbonyl (C=S) groups is 1. The molecular weight excluding hydrogens is 336 g/mol. The quantitative estimate of drug-likeness (QED) is 0.394. The van der Waals surface area contributed by atoms with Crippen LogP contribution in [0, 0.1) is 0 Å². The first kappa shape index (κ1) is 18.0. The van der Waals surface area contributed by atoms with E-state index in [0.29, 0.717) is 11.9 Å². The summed E-state index contributed by atoms with van der Waals surface area (Å²) in [6, 6.07) is 3.86. The molecular formula is C11H9F6N3OS. The topological polar surface area (TPSA) is 50.8 Å². The van der Waals surface area contributed by atoms with Crippen LogP contribution in [-0.2, 0) is 0 Å². The molecule has 0 atom stereocenters. The summed E-state index contributed by atoms with van der Waals surface area (Å²) in [5, 5.41) is 3.29. The third kappa shape index (κ3) is 5.39. The molecule has 0 spiro atoms. The molecule has 1 rings (SSSR count). The van der Waals surface area contributed by atoms with Gasteiger partial charge in [0.1, 0.15) is 11.5 Å². The Morgan fingerprint density at radius 2 is 1.64 bits per heavy atom. The highest BCUT2D eigenvalue weighted by molar-refractivity contribution is 7.80. The van der Waals surface area contributed by atoms with E-state index in [1.54, 1.807) is 0 Å². The molecule has 0 unspecified atom stereocenters. The van der Waals surface area contributed by atoms with Gasteiger partial charge in [-0.25, -0.2) is 5.01 Å². The van der Waals surface area contributed by atoms with Crippen molar-refractivity contribution in [2.24, 2.45) is 10.8 Å². The number of rotatable bonds is 3. The molecule has 0 aliphatic heterocycles. The van der Waals surface area contributed by atoms with Crippen LogP contribution in [0.4, 0.5) is 32.0 Å². The molecule has 1 aromatic carbocycles. The van der Waals surface area contributed by atoms with Gasteiger partial charge in [-0.05, 0) is 43.4 Å². The molecule has 0 saturated carbocycles. The molecule has 4 nitrogen and oxygen atoms in total. The average Bonchev–Trinajstić information content (AvgIpc) is 2.33. The van der Waals surface area contributed by atoms with Crippen molar-refractivity contribution in [3.63, 3.8) is 0 Å². The van der Waals surface area contributed by atoms with Crippen LogP contribution < -0.4 is 15.5 Å². The van der Waals surface area contributed by atoms with Crippen molar-refractivity contribution >= 4 is 28.7 Å². The summed E-state index contributed by atoms with van der Waals surface area (Å²) in [6.07, 6.45) is -9.57. The monoisotopic (exact) mass is 345 g/mol. The highest BCUT2D eigenvalue weighted by Crippen LogP contribution is 2.26. The van der Waals surface area contributed by atoms with Gasteiger partial charge in [0.05, 0.1) is 5.69 Å². The molecule has 0 aliphatic carbocycles. The van der Waals surface area contributed by atoms with Crippen molar-refractivity contribution in [1.29, 1.82) is 0 Å². The fraction of sp³-hybridized carbons (Fsp3) is 0.273. The molecule has 22 heavy (non-hydrogen) atoms. The third-order valence-corrected chi connectivity index (χ3v) is 2.36. The van der Waals surface area contributed by atoms with Crippen molar-refractivity contribution in [3.05, 3.63) is 24.3 Å². The SMILES string of the molecule is C/C(=N\N(C(N)=S)c1ccc(OC(F)(F)F)cc1)C(F)(F)F. The fourth-order valence-electron chi connectivity index (χ4n) is 1.23. The van der Waals surface area contributed by atoms with Gasteiger partial charge in [0.15, 0.2) is 5.11 Å². The number of nitrogens with two attached hydrogens (primary N) is 1. The van der Waals surface area contributed by atoms with Crippen molar-refractivity contribution in [2.75, 3.05) is 5.01 Å². The Morgan fingerprint density at radius 3 is 2.00 bits per heavy atom. The Hall–Kier alpha value is -2.04. The second-order valence-electron chi connectivity index (χ2n) is 3.87. The maximum atomic E-state index is 12.5. The Kier molecular flexibility index (Phi) is 5.22.